The summed E-state index contributed by atoms with van der Waals surface area (Å²) in [6.45, 7) is 0. The Morgan fingerprint density at radius 2 is 2.55 bits per heavy atom. The van der Waals surface area contributed by atoms with Crippen LogP contribution in [0.5, 0.6) is 0 Å². The second kappa shape index (κ2) is 4.01. The molecule has 0 radical (unpaired) electrons. The van der Waals surface area contributed by atoms with E-state index in [1.54, 1.807) is 13.4 Å². The Kier molecular flexibility index (Phi) is 2.95. The van der Waals surface area contributed by atoms with Gasteiger partial charge in [-0.05, 0) is 18.9 Å². The lowest BCUT2D eigenvalue weighted by Gasteiger charge is -2.19. The van der Waals surface area contributed by atoms with E-state index in [0.29, 0.717) is 6.42 Å². The fraction of sp³-hybridized carbons (Fsp3) is 0.625. The van der Waals surface area contributed by atoms with Crippen molar-refractivity contribution in [3.05, 3.63) is 12.3 Å². The summed E-state index contributed by atoms with van der Waals surface area (Å²) in [7, 11) is 1.60. The third-order valence-electron chi connectivity index (χ3n) is 1.71. The van der Waals surface area contributed by atoms with Crippen LogP contribution in [-0.2, 0) is 9.53 Å². The predicted octanol–water partition coefficient (Wildman–Crippen LogP) is 0.815. The minimum Gasteiger partial charge on any atom is -0.505 e. The van der Waals surface area contributed by atoms with Crippen LogP contribution in [0.25, 0.3) is 0 Å². The lowest BCUT2D eigenvalue weighted by molar-refractivity contribution is -0.122. The van der Waals surface area contributed by atoms with E-state index in [4.69, 9.17) is 4.74 Å². The maximum atomic E-state index is 10.9. The number of hydrogen-bond donors (Lipinski definition) is 1. The van der Waals surface area contributed by atoms with E-state index < -0.39 is 0 Å². The third-order valence-corrected chi connectivity index (χ3v) is 1.71. The van der Waals surface area contributed by atoms with Gasteiger partial charge in [0.1, 0.15) is 0 Å². The lowest BCUT2D eigenvalue weighted by atomic mass is 10.0. The monoisotopic (exact) mass is 155 g/mol. The highest BCUT2D eigenvalue weighted by Gasteiger charge is 2.14. The number of rotatable bonds is 2. The molecule has 1 unspecified atom stereocenters. The summed E-state index contributed by atoms with van der Waals surface area (Å²) in [4.78, 5) is 10.9. The number of carbonyl (C=O) groups excluding carboxylic acids is 1. The molecule has 1 rings (SSSR count). The van der Waals surface area contributed by atoms with Gasteiger partial charge in [-0.3, -0.25) is 4.79 Å². The van der Waals surface area contributed by atoms with Crippen molar-refractivity contribution in [2.45, 2.75) is 25.3 Å². The number of nitrogens with one attached hydrogen (secondary N) is 1. The summed E-state index contributed by atoms with van der Waals surface area (Å²) in [6.07, 6.45) is 6.14. The van der Waals surface area contributed by atoms with Crippen LogP contribution in [0.15, 0.2) is 12.3 Å². The van der Waals surface area contributed by atoms with Gasteiger partial charge in [-0.15, -0.1) is 0 Å². The van der Waals surface area contributed by atoms with Crippen molar-refractivity contribution >= 4 is 5.91 Å². The van der Waals surface area contributed by atoms with Crippen LogP contribution in [0, 0.1) is 0 Å². The molecule has 1 heterocycles. The smallest absolute Gasteiger partial charge is 0.220 e. The maximum Gasteiger partial charge on any atom is 0.220 e. The van der Waals surface area contributed by atoms with Gasteiger partial charge < -0.3 is 10.1 Å². The molecule has 0 saturated carbocycles. The first-order valence-electron chi connectivity index (χ1n) is 3.82. The van der Waals surface area contributed by atoms with Crippen LogP contribution in [-0.4, -0.2) is 19.1 Å². The van der Waals surface area contributed by atoms with Crippen LogP contribution in [0.2, 0.25) is 0 Å². The Morgan fingerprint density at radius 1 is 1.73 bits per heavy atom. The Hall–Kier alpha value is -0.990. The number of ether oxygens (including phenoxy) is 1. The highest BCUT2D eigenvalue weighted by Crippen LogP contribution is 2.08. The maximum absolute atomic E-state index is 10.9. The molecule has 11 heavy (non-hydrogen) atoms. The molecule has 1 saturated heterocycles. The van der Waals surface area contributed by atoms with Gasteiger partial charge in [-0.2, -0.15) is 0 Å². The highest BCUT2D eigenvalue weighted by atomic mass is 16.5. The van der Waals surface area contributed by atoms with E-state index in [2.05, 4.69) is 5.32 Å². The van der Waals surface area contributed by atoms with Gasteiger partial charge in [-0.25, -0.2) is 0 Å². The Bertz CT molecular complexity index is 165. The molecule has 0 aliphatic carbocycles. The SMILES string of the molecule is CO/C=C/C1CCCC(=O)N1. The molecule has 1 amide bonds. The average molecular weight is 155 g/mol. The largest absolute Gasteiger partial charge is 0.505 e. The third kappa shape index (κ3) is 2.62. The summed E-state index contributed by atoms with van der Waals surface area (Å²) < 4.78 is 4.75. The van der Waals surface area contributed by atoms with Gasteiger partial charge in [0.25, 0.3) is 0 Å². The zero-order valence-corrected chi connectivity index (χ0v) is 6.67. The van der Waals surface area contributed by atoms with Crippen molar-refractivity contribution in [3.8, 4) is 0 Å². The van der Waals surface area contributed by atoms with Crippen LogP contribution in [0.1, 0.15) is 19.3 Å². The molecular weight excluding hydrogens is 142 g/mol. The molecule has 0 aromatic rings. The Balaban J connectivity index is 2.34. The van der Waals surface area contributed by atoms with Crippen LogP contribution in [0.4, 0.5) is 0 Å². The number of hydrogen-bond acceptors (Lipinski definition) is 2. The summed E-state index contributed by atoms with van der Waals surface area (Å²) in [5.74, 6) is 0.141. The van der Waals surface area contributed by atoms with Crippen LogP contribution in [0.3, 0.4) is 0 Å². The zero-order valence-electron chi connectivity index (χ0n) is 6.67. The van der Waals surface area contributed by atoms with Crippen molar-refractivity contribution in [1.82, 2.24) is 5.32 Å². The van der Waals surface area contributed by atoms with E-state index in [1.165, 1.54) is 0 Å². The fourth-order valence-electron chi connectivity index (χ4n) is 1.15. The second-order valence-corrected chi connectivity index (χ2v) is 2.63. The number of carbonyl (C=O) groups is 1. The summed E-state index contributed by atoms with van der Waals surface area (Å²) >= 11 is 0. The van der Waals surface area contributed by atoms with Gasteiger partial charge in [0, 0.05) is 6.42 Å². The summed E-state index contributed by atoms with van der Waals surface area (Å²) in [5.41, 5.74) is 0. The first-order chi connectivity index (χ1) is 5.33. The first-order valence-corrected chi connectivity index (χ1v) is 3.82. The van der Waals surface area contributed by atoms with Crippen LogP contribution < -0.4 is 5.32 Å². The Morgan fingerprint density at radius 3 is 3.18 bits per heavy atom. The molecule has 1 aliphatic heterocycles. The molecule has 1 aliphatic rings. The van der Waals surface area contributed by atoms with Gasteiger partial charge in [0.2, 0.25) is 5.91 Å². The highest BCUT2D eigenvalue weighted by molar-refractivity contribution is 5.77. The van der Waals surface area contributed by atoms with Gasteiger partial charge in [-0.1, -0.05) is 0 Å². The first kappa shape index (κ1) is 8.11. The minimum atomic E-state index is 0.141. The van der Waals surface area contributed by atoms with Crippen molar-refractivity contribution in [1.29, 1.82) is 0 Å². The molecule has 1 N–H and O–H groups in total. The predicted molar refractivity (Wildman–Crippen MR) is 41.9 cm³/mol. The van der Waals surface area contributed by atoms with Crippen LogP contribution >= 0.6 is 0 Å². The average Bonchev–Trinajstić information content (AvgIpc) is 2.01. The zero-order chi connectivity index (χ0) is 8.10. The molecule has 0 spiro atoms. The lowest BCUT2D eigenvalue weighted by Crippen LogP contribution is -2.37. The molecule has 0 bridgehead atoms. The fourth-order valence-corrected chi connectivity index (χ4v) is 1.15. The van der Waals surface area contributed by atoms with E-state index >= 15 is 0 Å². The quantitative estimate of drug-likeness (QED) is 0.599. The number of amides is 1. The number of methoxy groups -OCH3 is 1. The van der Waals surface area contributed by atoms with Crippen molar-refractivity contribution in [3.63, 3.8) is 0 Å². The normalized spacial score (nSPS) is 25.2. The Labute approximate surface area is 66.4 Å². The van der Waals surface area contributed by atoms with E-state index in [0.717, 1.165) is 12.8 Å². The molecule has 62 valence electrons. The molecule has 0 aromatic carbocycles. The van der Waals surface area contributed by atoms with Crippen molar-refractivity contribution in [2.24, 2.45) is 0 Å². The standard InChI is InChI=1S/C8H13NO2/c1-11-6-5-7-3-2-4-8(10)9-7/h5-7H,2-4H2,1H3,(H,9,10)/b6-5+. The molecule has 1 fully saturated rings. The topological polar surface area (TPSA) is 38.3 Å². The summed E-state index contributed by atoms with van der Waals surface area (Å²) in [6, 6.07) is 0.177. The second-order valence-electron chi connectivity index (χ2n) is 2.63. The van der Waals surface area contributed by atoms with Gasteiger partial charge in [0.05, 0.1) is 19.4 Å². The summed E-state index contributed by atoms with van der Waals surface area (Å²) in [5, 5.41) is 2.85. The molecule has 3 heteroatoms. The molecule has 0 aromatic heterocycles. The number of piperidine rings is 1. The van der Waals surface area contributed by atoms with E-state index in [1.807, 2.05) is 6.08 Å². The van der Waals surface area contributed by atoms with Gasteiger partial charge in [0.15, 0.2) is 0 Å². The minimum absolute atomic E-state index is 0.141. The van der Waals surface area contributed by atoms with E-state index in [9.17, 15) is 4.79 Å². The van der Waals surface area contributed by atoms with Crippen molar-refractivity contribution < 1.29 is 9.53 Å². The van der Waals surface area contributed by atoms with Gasteiger partial charge >= 0.3 is 0 Å². The molecular formula is C8H13NO2. The van der Waals surface area contributed by atoms with E-state index in [-0.39, 0.29) is 11.9 Å². The molecule has 1 atom stereocenters. The molecule has 3 nitrogen and oxygen atoms in total. The van der Waals surface area contributed by atoms with Crippen molar-refractivity contribution in [2.75, 3.05) is 7.11 Å².